The molecule has 1 aliphatic rings. The lowest BCUT2D eigenvalue weighted by atomic mass is 9.89. The highest BCUT2D eigenvalue weighted by atomic mass is 19.1. The fraction of sp³-hybridized carbons (Fsp3) is 1.00. The van der Waals surface area contributed by atoms with E-state index in [2.05, 4.69) is 11.8 Å². The van der Waals surface area contributed by atoms with Crippen molar-refractivity contribution in [1.29, 1.82) is 0 Å². The van der Waals surface area contributed by atoms with Crippen LogP contribution >= 0.6 is 0 Å². The normalized spacial score (nSPS) is 22.2. The molecular formula is C9H18FNO. The molecule has 0 aromatic rings. The topological polar surface area (TPSA) is 23.5 Å². The van der Waals surface area contributed by atoms with Crippen LogP contribution in [0.25, 0.3) is 0 Å². The van der Waals surface area contributed by atoms with Gasteiger partial charge < -0.3 is 5.11 Å². The summed E-state index contributed by atoms with van der Waals surface area (Å²) < 4.78 is 11.8. The Morgan fingerprint density at radius 3 is 2.67 bits per heavy atom. The summed E-state index contributed by atoms with van der Waals surface area (Å²) in [6, 6.07) is 0. The van der Waals surface area contributed by atoms with Crippen LogP contribution in [0, 0.1) is 0 Å². The van der Waals surface area contributed by atoms with Gasteiger partial charge in [0.15, 0.2) is 0 Å². The van der Waals surface area contributed by atoms with E-state index in [1.165, 1.54) is 0 Å². The molecule has 0 saturated carbocycles. The molecule has 1 N–H and O–H groups in total. The number of halogens is 1. The minimum absolute atomic E-state index is 0.247. The maximum Gasteiger partial charge on any atom is 0.0906 e. The van der Waals surface area contributed by atoms with E-state index in [4.69, 9.17) is 0 Å². The van der Waals surface area contributed by atoms with Crippen molar-refractivity contribution >= 4 is 0 Å². The van der Waals surface area contributed by atoms with E-state index in [0.29, 0.717) is 6.42 Å². The maximum atomic E-state index is 11.8. The first kappa shape index (κ1) is 9.93. The van der Waals surface area contributed by atoms with E-state index >= 15 is 0 Å². The highest BCUT2D eigenvalue weighted by Gasteiger charge is 2.39. The molecule has 0 atom stereocenters. The van der Waals surface area contributed by atoms with Crippen LogP contribution in [-0.4, -0.2) is 41.9 Å². The monoisotopic (exact) mass is 175 g/mol. The number of β-amino-alcohol motifs (C(OH)–C–C–N with tert-alkyl or cyclic N) is 1. The zero-order valence-corrected chi connectivity index (χ0v) is 7.72. The van der Waals surface area contributed by atoms with Crippen molar-refractivity contribution in [3.05, 3.63) is 0 Å². The van der Waals surface area contributed by atoms with Crippen LogP contribution in [0.5, 0.6) is 0 Å². The molecule has 0 amide bonds. The molecule has 3 heteroatoms. The Morgan fingerprint density at radius 2 is 2.17 bits per heavy atom. The van der Waals surface area contributed by atoms with Crippen LogP contribution in [0.1, 0.15) is 26.2 Å². The second-order valence-electron chi connectivity index (χ2n) is 3.73. The van der Waals surface area contributed by atoms with Gasteiger partial charge in [0, 0.05) is 19.6 Å². The standard InChI is InChI=1S/C9H18FNO/c1-2-4-9(12)7-11(8-9)6-3-5-10/h12H,2-8H2,1H3. The van der Waals surface area contributed by atoms with Crippen molar-refractivity contribution in [2.24, 2.45) is 0 Å². The number of nitrogens with zero attached hydrogens (tertiary/aromatic N) is 1. The largest absolute Gasteiger partial charge is 0.387 e. The fourth-order valence-corrected chi connectivity index (χ4v) is 1.85. The van der Waals surface area contributed by atoms with Crippen LogP contribution in [0.3, 0.4) is 0 Å². The molecule has 0 radical (unpaired) electrons. The van der Waals surface area contributed by atoms with Crippen LogP contribution in [-0.2, 0) is 0 Å². The summed E-state index contributed by atoms with van der Waals surface area (Å²) in [7, 11) is 0. The lowest BCUT2D eigenvalue weighted by Gasteiger charge is -2.46. The number of hydrogen-bond donors (Lipinski definition) is 1. The third-order valence-corrected chi connectivity index (χ3v) is 2.36. The van der Waals surface area contributed by atoms with Gasteiger partial charge in [-0.1, -0.05) is 13.3 Å². The van der Waals surface area contributed by atoms with Gasteiger partial charge >= 0.3 is 0 Å². The molecule has 72 valence electrons. The molecule has 1 fully saturated rings. The summed E-state index contributed by atoms with van der Waals surface area (Å²) in [5, 5.41) is 9.74. The van der Waals surface area contributed by atoms with Gasteiger partial charge in [0.05, 0.1) is 12.3 Å². The lowest BCUT2D eigenvalue weighted by molar-refractivity contribution is -0.103. The number of hydrogen-bond acceptors (Lipinski definition) is 2. The second kappa shape index (κ2) is 4.19. The van der Waals surface area contributed by atoms with Gasteiger partial charge in [-0.25, -0.2) is 0 Å². The van der Waals surface area contributed by atoms with E-state index in [1.54, 1.807) is 0 Å². The Hall–Kier alpha value is -0.150. The van der Waals surface area contributed by atoms with Crippen molar-refractivity contribution in [2.45, 2.75) is 31.8 Å². The Labute approximate surface area is 73.4 Å². The van der Waals surface area contributed by atoms with Gasteiger partial charge in [-0.2, -0.15) is 0 Å². The number of rotatable bonds is 5. The Kier molecular flexibility index (Phi) is 3.47. The third kappa shape index (κ3) is 2.42. The Morgan fingerprint density at radius 1 is 1.50 bits per heavy atom. The SMILES string of the molecule is CCCC1(O)CN(CCCF)C1. The molecule has 0 aliphatic carbocycles. The van der Waals surface area contributed by atoms with Gasteiger partial charge in [-0.05, 0) is 12.8 Å². The van der Waals surface area contributed by atoms with Crippen molar-refractivity contribution in [3.8, 4) is 0 Å². The first-order valence-electron chi connectivity index (χ1n) is 4.71. The zero-order chi connectivity index (χ0) is 9.03. The molecule has 1 saturated heterocycles. The molecule has 0 bridgehead atoms. The van der Waals surface area contributed by atoms with Crippen LogP contribution in [0.15, 0.2) is 0 Å². The Balaban J connectivity index is 2.09. The average molecular weight is 175 g/mol. The minimum Gasteiger partial charge on any atom is -0.387 e. The molecule has 1 aliphatic heterocycles. The number of likely N-dealkylation sites (tertiary alicyclic amines) is 1. The van der Waals surface area contributed by atoms with Gasteiger partial charge in [-0.15, -0.1) is 0 Å². The molecule has 2 nitrogen and oxygen atoms in total. The summed E-state index contributed by atoms with van der Waals surface area (Å²) >= 11 is 0. The van der Waals surface area contributed by atoms with E-state index in [1.807, 2.05) is 0 Å². The quantitative estimate of drug-likeness (QED) is 0.678. The summed E-state index contributed by atoms with van der Waals surface area (Å²) in [6.45, 7) is 4.09. The predicted molar refractivity (Wildman–Crippen MR) is 46.9 cm³/mol. The average Bonchev–Trinajstić information content (AvgIpc) is 1.97. The number of alkyl halides is 1. The van der Waals surface area contributed by atoms with Gasteiger partial charge in [0.1, 0.15) is 0 Å². The molecule has 0 aromatic heterocycles. The number of aliphatic hydroxyl groups is 1. The van der Waals surface area contributed by atoms with Gasteiger partial charge in [0.2, 0.25) is 0 Å². The molecule has 0 unspecified atom stereocenters. The van der Waals surface area contributed by atoms with E-state index in [9.17, 15) is 9.50 Å². The van der Waals surface area contributed by atoms with Crippen molar-refractivity contribution < 1.29 is 9.50 Å². The summed E-state index contributed by atoms with van der Waals surface area (Å²) in [4.78, 5) is 2.11. The Bertz CT molecular complexity index is 134. The molecule has 0 aromatic carbocycles. The van der Waals surface area contributed by atoms with Crippen molar-refractivity contribution in [1.82, 2.24) is 4.90 Å². The maximum absolute atomic E-state index is 11.8. The fourth-order valence-electron chi connectivity index (χ4n) is 1.85. The van der Waals surface area contributed by atoms with Crippen LogP contribution in [0.2, 0.25) is 0 Å². The van der Waals surface area contributed by atoms with Gasteiger partial charge in [0.25, 0.3) is 0 Å². The first-order chi connectivity index (χ1) is 5.70. The molecule has 1 rings (SSSR count). The smallest absolute Gasteiger partial charge is 0.0906 e. The first-order valence-corrected chi connectivity index (χ1v) is 4.71. The molecular weight excluding hydrogens is 157 g/mol. The van der Waals surface area contributed by atoms with E-state index in [-0.39, 0.29) is 6.67 Å². The summed E-state index contributed by atoms with van der Waals surface area (Å²) in [5.41, 5.74) is -0.453. The third-order valence-electron chi connectivity index (χ3n) is 2.36. The molecule has 12 heavy (non-hydrogen) atoms. The van der Waals surface area contributed by atoms with E-state index < -0.39 is 5.60 Å². The highest BCUT2D eigenvalue weighted by molar-refractivity contribution is 4.94. The van der Waals surface area contributed by atoms with Crippen molar-refractivity contribution in [2.75, 3.05) is 26.3 Å². The van der Waals surface area contributed by atoms with Crippen molar-refractivity contribution in [3.63, 3.8) is 0 Å². The van der Waals surface area contributed by atoms with Crippen LogP contribution < -0.4 is 0 Å². The zero-order valence-electron chi connectivity index (χ0n) is 7.72. The van der Waals surface area contributed by atoms with Gasteiger partial charge in [-0.3, -0.25) is 9.29 Å². The van der Waals surface area contributed by atoms with E-state index in [0.717, 1.165) is 32.5 Å². The lowest BCUT2D eigenvalue weighted by Crippen LogP contribution is -2.61. The molecule has 0 spiro atoms. The minimum atomic E-state index is -0.453. The van der Waals surface area contributed by atoms with Crippen LogP contribution in [0.4, 0.5) is 4.39 Å². The summed E-state index contributed by atoms with van der Waals surface area (Å²) in [5.74, 6) is 0. The highest BCUT2D eigenvalue weighted by Crippen LogP contribution is 2.25. The molecule has 1 heterocycles. The predicted octanol–water partition coefficient (Wildman–Crippen LogP) is 1.19. The second-order valence-corrected chi connectivity index (χ2v) is 3.73. The summed E-state index contributed by atoms with van der Waals surface area (Å²) in [6.07, 6.45) is 2.49.